The van der Waals surface area contributed by atoms with Crippen LogP contribution in [0, 0.1) is 5.92 Å². The highest BCUT2D eigenvalue weighted by atomic mass is 16.4. The number of amides is 4. The van der Waals surface area contributed by atoms with E-state index in [1.165, 1.54) is 36.4 Å². The van der Waals surface area contributed by atoms with E-state index in [2.05, 4.69) is 31.6 Å². The van der Waals surface area contributed by atoms with Crippen molar-refractivity contribution in [2.45, 2.75) is 63.3 Å². The van der Waals surface area contributed by atoms with Gasteiger partial charge in [0.05, 0.1) is 12.1 Å². The number of aldehydes is 1. The largest absolute Gasteiger partial charge is 0.508 e. The van der Waals surface area contributed by atoms with E-state index in [0.717, 1.165) is 0 Å². The molecule has 5 atom stereocenters. The molecule has 45 heavy (non-hydrogen) atoms. The normalized spacial score (nSPS) is 17.0. The Balaban J connectivity index is 1.74. The second-order valence-corrected chi connectivity index (χ2v) is 11.0. The summed E-state index contributed by atoms with van der Waals surface area (Å²) in [6.45, 7) is 3.73. The van der Waals surface area contributed by atoms with Gasteiger partial charge in [-0.05, 0) is 54.2 Å². The molecule has 10 N–H and O–H groups in total. The van der Waals surface area contributed by atoms with Crippen LogP contribution < -0.4 is 32.3 Å². The summed E-state index contributed by atoms with van der Waals surface area (Å²) < 4.78 is 0. The average Bonchev–Trinajstić information content (AvgIpc) is 2.99. The third kappa shape index (κ3) is 10.4. The van der Waals surface area contributed by atoms with Crippen LogP contribution in [0.3, 0.4) is 0 Å². The number of carboxylic acid groups (broad SMARTS) is 1. The molecule has 15 nitrogen and oxygen atoms in total. The maximum atomic E-state index is 13.6. The molecule has 3 rings (SSSR count). The Labute approximate surface area is 259 Å². The number of rotatable bonds is 14. The van der Waals surface area contributed by atoms with Crippen molar-refractivity contribution in [2.24, 2.45) is 16.6 Å². The van der Waals surface area contributed by atoms with E-state index >= 15 is 0 Å². The highest BCUT2D eigenvalue weighted by molar-refractivity contribution is 5.94. The number of benzene rings is 2. The standard InChI is InChI=1S/C30H39N7O8/c1-16(2)24(26(41)33-19(15-38)13-17-3-7-20(39)8-4-17)36-27(42)25(22-11-12-32-29(31)34-22)37-30(45)35-23(28(43)44)14-18-5-9-21(40)10-6-18/h3-10,15-16,19,22-25,39-40H,11-14H2,1-2H3,(H,33,41)(H,36,42)(H,43,44)(H3,31,32,34)(H2,35,37,45)/t19-,22+,23-,24-,25-/m0/s1. The van der Waals surface area contributed by atoms with Crippen molar-refractivity contribution in [3.05, 3.63) is 59.7 Å². The lowest BCUT2D eigenvalue weighted by Crippen LogP contribution is -2.62. The molecule has 0 aromatic heterocycles. The van der Waals surface area contributed by atoms with Crippen molar-refractivity contribution in [3.63, 3.8) is 0 Å². The summed E-state index contributed by atoms with van der Waals surface area (Å²) in [4.78, 5) is 67.8. The van der Waals surface area contributed by atoms with Crippen LogP contribution in [0.4, 0.5) is 4.79 Å². The van der Waals surface area contributed by atoms with Crippen molar-refractivity contribution in [1.82, 2.24) is 26.6 Å². The topological polar surface area (TPSA) is 245 Å². The van der Waals surface area contributed by atoms with Gasteiger partial charge in [-0.15, -0.1) is 0 Å². The second-order valence-electron chi connectivity index (χ2n) is 11.0. The summed E-state index contributed by atoms with van der Waals surface area (Å²) in [6.07, 6.45) is 0.905. The maximum absolute atomic E-state index is 13.6. The first-order valence-corrected chi connectivity index (χ1v) is 14.3. The van der Waals surface area contributed by atoms with Crippen LogP contribution in [0.2, 0.25) is 0 Å². The average molecular weight is 626 g/mol. The fourth-order valence-corrected chi connectivity index (χ4v) is 4.69. The summed E-state index contributed by atoms with van der Waals surface area (Å²) in [5, 5.41) is 41.6. The molecular formula is C30H39N7O8. The van der Waals surface area contributed by atoms with Crippen molar-refractivity contribution in [1.29, 1.82) is 0 Å². The van der Waals surface area contributed by atoms with Crippen LogP contribution in [0.25, 0.3) is 0 Å². The van der Waals surface area contributed by atoms with Crippen molar-refractivity contribution in [3.8, 4) is 11.5 Å². The van der Waals surface area contributed by atoms with Gasteiger partial charge in [-0.3, -0.25) is 9.59 Å². The molecule has 0 aliphatic carbocycles. The summed E-state index contributed by atoms with van der Waals surface area (Å²) in [5.41, 5.74) is 7.05. The Morgan fingerprint density at radius 2 is 1.49 bits per heavy atom. The Kier molecular flexibility index (Phi) is 12.1. The van der Waals surface area contributed by atoms with Crippen LogP contribution >= 0.6 is 0 Å². The number of carbonyl (C=O) groups excluding carboxylic acids is 4. The van der Waals surface area contributed by atoms with E-state index in [-0.39, 0.29) is 36.7 Å². The molecule has 0 saturated heterocycles. The van der Waals surface area contributed by atoms with E-state index in [1.807, 2.05) is 0 Å². The molecule has 15 heteroatoms. The van der Waals surface area contributed by atoms with E-state index < -0.39 is 59.9 Å². The van der Waals surface area contributed by atoms with E-state index in [9.17, 15) is 39.3 Å². The van der Waals surface area contributed by atoms with Gasteiger partial charge >= 0.3 is 12.0 Å². The molecule has 0 bridgehead atoms. The van der Waals surface area contributed by atoms with Gasteiger partial charge < -0.3 is 52.4 Å². The highest BCUT2D eigenvalue weighted by Gasteiger charge is 2.36. The zero-order chi connectivity index (χ0) is 33.1. The molecule has 0 saturated carbocycles. The number of phenolic OH excluding ortho intramolecular Hbond substituents is 2. The van der Waals surface area contributed by atoms with Crippen molar-refractivity contribution >= 4 is 36.1 Å². The molecule has 242 valence electrons. The molecular weight excluding hydrogens is 586 g/mol. The molecule has 1 heterocycles. The molecule has 1 aliphatic rings. The Morgan fingerprint density at radius 1 is 0.911 bits per heavy atom. The van der Waals surface area contributed by atoms with Crippen LogP contribution in [-0.2, 0) is 32.0 Å². The predicted molar refractivity (Wildman–Crippen MR) is 163 cm³/mol. The fourth-order valence-electron chi connectivity index (χ4n) is 4.69. The molecule has 4 amide bonds. The number of aromatic hydroxyl groups is 2. The number of carboxylic acids is 1. The molecule has 0 unspecified atom stereocenters. The van der Waals surface area contributed by atoms with E-state index in [0.29, 0.717) is 24.0 Å². The van der Waals surface area contributed by atoms with Gasteiger partial charge in [0.15, 0.2) is 5.96 Å². The van der Waals surface area contributed by atoms with Gasteiger partial charge in [0, 0.05) is 13.0 Å². The number of hydrogen-bond acceptors (Lipinski definition) is 10. The van der Waals surface area contributed by atoms with Gasteiger partial charge in [0.1, 0.15) is 35.9 Å². The minimum Gasteiger partial charge on any atom is -0.508 e. The van der Waals surface area contributed by atoms with Crippen molar-refractivity contribution < 1.29 is 39.3 Å². The number of nitrogens with two attached hydrogens (primary N) is 1. The quantitative estimate of drug-likeness (QED) is 0.122. The fraction of sp³-hybridized carbons (Fsp3) is 0.400. The first-order valence-electron chi connectivity index (χ1n) is 14.3. The SMILES string of the molecule is CC(C)[C@H](NC(=O)[C@@H](NC(=O)N[C@@H](Cc1ccc(O)cc1)C(=O)O)[C@H]1CCNC(N)=N1)C(=O)N[C@H](C=O)Cc1ccc(O)cc1. The summed E-state index contributed by atoms with van der Waals surface area (Å²) in [5.74, 6) is -3.06. The Morgan fingerprint density at radius 3 is 2.00 bits per heavy atom. The van der Waals surface area contributed by atoms with Gasteiger partial charge in [-0.2, -0.15) is 0 Å². The van der Waals surface area contributed by atoms with E-state index in [1.54, 1.807) is 26.0 Å². The van der Waals surface area contributed by atoms with Crippen LogP contribution in [-0.4, -0.2) is 88.1 Å². The number of hydrogen-bond donors (Lipinski definition) is 9. The Bertz CT molecular complexity index is 1380. The first kappa shape index (κ1) is 34.2. The maximum Gasteiger partial charge on any atom is 0.326 e. The molecule has 1 aliphatic heterocycles. The van der Waals surface area contributed by atoms with Crippen LogP contribution in [0.15, 0.2) is 53.5 Å². The number of urea groups is 1. The van der Waals surface area contributed by atoms with Gasteiger partial charge in [0.25, 0.3) is 0 Å². The monoisotopic (exact) mass is 625 g/mol. The molecule has 2 aromatic carbocycles. The van der Waals surface area contributed by atoms with Crippen LogP contribution in [0.5, 0.6) is 11.5 Å². The zero-order valence-corrected chi connectivity index (χ0v) is 24.9. The minimum atomic E-state index is -1.37. The molecule has 0 fully saturated rings. The number of phenols is 2. The van der Waals surface area contributed by atoms with Gasteiger partial charge in [-0.1, -0.05) is 38.1 Å². The number of carbonyl (C=O) groups is 5. The zero-order valence-electron chi connectivity index (χ0n) is 24.9. The molecule has 2 aromatic rings. The predicted octanol–water partition coefficient (Wildman–Crippen LogP) is -0.495. The first-order chi connectivity index (χ1) is 21.4. The minimum absolute atomic E-state index is 0.000569. The smallest absolute Gasteiger partial charge is 0.326 e. The third-order valence-electron chi connectivity index (χ3n) is 7.12. The van der Waals surface area contributed by atoms with E-state index in [4.69, 9.17) is 5.73 Å². The molecule has 0 radical (unpaired) electrons. The lowest BCUT2D eigenvalue weighted by atomic mass is 9.99. The number of aliphatic imine (C=N–C) groups is 1. The van der Waals surface area contributed by atoms with Crippen molar-refractivity contribution in [2.75, 3.05) is 6.54 Å². The summed E-state index contributed by atoms with van der Waals surface area (Å²) in [7, 11) is 0. The lowest BCUT2D eigenvalue weighted by molar-refractivity contribution is -0.139. The number of nitrogens with one attached hydrogen (secondary N) is 5. The number of guanidine groups is 1. The van der Waals surface area contributed by atoms with Crippen LogP contribution in [0.1, 0.15) is 31.4 Å². The number of nitrogens with zero attached hydrogens (tertiary/aromatic N) is 1. The summed E-state index contributed by atoms with van der Waals surface area (Å²) in [6, 6.07) is 5.41. The van der Waals surface area contributed by atoms with Gasteiger partial charge in [0.2, 0.25) is 11.8 Å². The number of aliphatic carboxylic acids is 1. The lowest BCUT2D eigenvalue weighted by Gasteiger charge is -2.31. The third-order valence-corrected chi connectivity index (χ3v) is 7.12. The Hall–Kier alpha value is -5.34. The van der Waals surface area contributed by atoms with Gasteiger partial charge in [-0.25, -0.2) is 14.6 Å². The second kappa shape index (κ2) is 15.9. The highest BCUT2D eigenvalue weighted by Crippen LogP contribution is 2.14. The summed E-state index contributed by atoms with van der Waals surface area (Å²) >= 11 is 0. The molecule has 0 spiro atoms.